The predicted octanol–water partition coefficient (Wildman–Crippen LogP) is 2.53. The van der Waals surface area contributed by atoms with Crippen molar-refractivity contribution in [3.05, 3.63) is 12.2 Å². The molecule has 0 fully saturated rings. The lowest BCUT2D eigenvalue weighted by molar-refractivity contribution is -0.137. The summed E-state index contributed by atoms with van der Waals surface area (Å²) in [7, 11) is 0. The lowest BCUT2D eigenvalue weighted by atomic mass is 9.83. The molecule has 4 heteroatoms. The van der Waals surface area contributed by atoms with Crippen molar-refractivity contribution in [2.45, 2.75) is 40.2 Å². The van der Waals surface area contributed by atoms with Gasteiger partial charge in [-0.1, -0.05) is 13.8 Å². The first-order valence-corrected chi connectivity index (χ1v) is 6.45. The van der Waals surface area contributed by atoms with Gasteiger partial charge in [-0.25, -0.2) is 4.79 Å². The third-order valence-electron chi connectivity index (χ3n) is 2.56. The molecule has 0 spiro atoms. The molecule has 0 bridgehead atoms. The average Bonchev–Trinajstić information content (AvgIpc) is 2.33. The molecular weight excluding hydrogens is 244 g/mol. The molecule has 19 heavy (non-hydrogen) atoms. The van der Waals surface area contributed by atoms with E-state index in [1.54, 1.807) is 13.0 Å². The van der Waals surface area contributed by atoms with E-state index in [1.165, 1.54) is 6.08 Å². The van der Waals surface area contributed by atoms with E-state index in [1.807, 2.05) is 20.8 Å². The first-order chi connectivity index (χ1) is 8.97. The standard InChI is InChI=1S/C15H24O4/c1-6-11-15(4,5)13(19-12-17-7-2)9-10-14(16)18-8-3/h1,9-10,13H,7-8,11-12H2,2-5H3/b10-9+. The van der Waals surface area contributed by atoms with Crippen LogP contribution in [0.15, 0.2) is 12.2 Å². The Balaban J connectivity index is 4.66. The molecule has 108 valence electrons. The highest BCUT2D eigenvalue weighted by atomic mass is 16.7. The molecule has 1 atom stereocenters. The van der Waals surface area contributed by atoms with Gasteiger partial charge < -0.3 is 14.2 Å². The summed E-state index contributed by atoms with van der Waals surface area (Å²) in [6.45, 7) is 8.71. The minimum absolute atomic E-state index is 0.169. The van der Waals surface area contributed by atoms with E-state index in [4.69, 9.17) is 20.6 Å². The Morgan fingerprint density at radius 3 is 2.58 bits per heavy atom. The van der Waals surface area contributed by atoms with Gasteiger partial charge in [-0.3, -0.25) is 0 Å². The third-order valence-corrected chi connectivity index (χ3v) is 2.56. The number of terminal acetylenes is 1. The van der Waals surface area contributed by atoms with Crippen LogP contribution in [0.3, 0.4) is 0 Å². The molecule has 0 saturated heterocycles. The van der Waals surface area contributed by atoms with Crippen LogP contribution >= 0.6 is 0 Å². The highest BCUT2D eigenvalue weighted by Crippen LogP contribution is 2.28. The monoisotopic (exact) mass is 268 g/mol. The Morgan fingerprint density at radius 1 is 1.37 bits per heavy atom. The number of carbonyl (C=O) groups excluding carboxylic acids is 1. The number of rotatable bonds is 9. The summed E-state index contributed by atoms with van der Waals surface area (Å²) in [4.78, 5) is 11.3. The number of esters is 1. The second kappa shape index (κ2) is 9.60. The topological polar surface area (TPSA) is 44.8 Å². The Bertz CT molecular complexity index is 326. The highest BCUT2D eigenvalue weighted by molar-refractivity contribution is 5.81. The van der Waals surface area contributed by atoms with Crippen LogP contribution in [0.4, 0.5) is 0 Å². The zero-order chi connectivity index (χ0) is 14.7. The highest BCUT2D eigenvalue weighted by Gasteiger charge is 2.28. The lowest BCUT2D eigenvalue weighted by Gasteiger charge is -2.30. The molecule has 0 aromatic carbocycles. The number of hydrogen-bond donors (Lipinski definition) is 0. The molecule has 0 radical (unpaired) electrons. The van der Waals surface area contributed by atoms with E-state index < -0.39 is 0 Å². The summed E-state index contributed by atoms with van der Waals surface area (Å²) in [6, 6.07) is 0. The van der Waals surface area contributed by atoms with E-state index in [2.05, 4.69) is 5.92 Å². The molecule has 1 unspecified atom stereocenters. The predicted molar refractivity (Wildman–Crippen MR) is 74.4 cm³/mol. The fraction of sp³-hybridized carbons (Fsp3) is 0.667. The maximum absolute atomic E-state index is 11.3. The Labute approximate surface area is 116 Å². The quantitative estimate of drug-likeness (QED) is 0.212. The van der Waals surface area contributed by atoms with E-state index >= 15 is 0 Å². The van der Waals surface area contributed by atoms with Crippen LogP contribution < -0.4 is 0 Å². The number of carbonyl (C=O) groups is 1. The van der Waals surface area contributed by atoms with Crippen molar-refractivity contribution in [1.29, 1.82) is 0 Å². The second-order valence-electron chi connectivity index (χ2n) is 4.68. The maximum Gasteiger partial charge on any atom is 0.330 e. The van der Waals surface area contributed by atoms with Crippen molar-refractivity contribution in [2.75, 3.05) is 20.0 Å². The van der Waals surface area contributed by atoms with Gasteiger partial charge in [0.05, 0.1) is 12.7 Å². The van der Waals surface area contributed by atoms with Crippen LogP contribution in [0.25, 0.3) is 0 Å². The van der Waals surface area contributed by atoms with Gasteiger partial charge in [0.2, 0.25) is 0 Å². The molecule has 0 aromatic heterocycles. The average molecular weight is 268 g/mol. The zero-order valence-corrected chi connectivity index (χ0v) is 12.3. The minimum atomic E-state index is -0.385. The molecule has 0 aliphatic carbocycles. The molecule has 0 aliphatic heterocycles. The van der Waals surface area contributed by atoms with Crippen molar-refractivity contribution in [3.8, 4) is 12.3 Å². The van der Waals surface area contributed by atoms with Crippen LogP contribution in [0, 0.1) is 17.8 Å². The van der Waals surface area contributed by atoms with Gasteiger partial charge in [-0.2, -0.15) is 0 Å². The molecule has 0 aromatic rings. The molecule has 0 heterocycles. The molecule has 0 saturated carbocycles. The summed E-state index contributed by atoms with van der Waals surface area (Å²) >= 11 is 0. The first kappa shape index (κ1) is 17.7. The lowest BCUT2D eigenvalue weighted by Crippen LogP contribution is -2.31. The van der Waals surface area contributed by atoms with E-state index in [-0.39, 0.29) is 24.3 Å². The van der Waals surface area contributed by atoms with Gasteiger partial charge in [-0.15, -0.1) is 12.3 Å². The van der Waals surface area contributed by atoms with Crippen molar-refractivity contribution in [1.82, 2.24) is 0 Å². The molecule has 0 rings (SSSR count). The van der Waals surface area contributed by atoms with Gasteiger partial charge in [0.15, 0.2) is 0 Å². The van der Waals surface area contributed by atoms with E-state index in [9.17, 15) is 4.79 Å². The van der Waals surface area contributed by atoms with Crippen LogP contribution in [0.5, 0.6) is 0 Å². The van der Waals surface area contributed by atoms with E-state index in [0.717, 1.165) is 0 Å². The fourth-order valence-electron chi connectivity index (χ4n) is 1.47. The summed E-state index contributed by atoms with van der Waals surface area (Å²) in [6.07, 6.45) is 8.64. The zero-order valence-electron chi connectivity index (χ0n) is 12.3. The van der Waals surface area contributed by atoms with Crippen LogP contribution in [-0.4, -0.2) is 32.1 Å². The Hall–Kier alpha value is -1.31. The fourth-order valence-corrected chi connectivity index (χ4v) is 1.47. The minimum Gasteiger partial charge on any atom is -0.463 e. The van der Waals surface area contributed by atoms with Crippen molar-refractivity contribution in [2.24, 2.45) is 5.41 Å². The molecule has 0 amide bonds. The summed E-state index contributed by atoms with van der Waals surface area (Å²) < 4.78 is 15.6. The largest absolute Gasteiger partial charge is 0.463 e. The van der Waals surface area contributed by atoms with Gasteiger partial charge in [0.1, 0.15) is 6.79 Å². The van der Waals surface area contributed by atoms with Crippen LogP contribution in [0.2, 0.25) is 0 Å². The molecule has 4 nitrogen and oxygen atoms in total. The summed E-state index contributed by atoms with van der Waals surface area (Å²) in [5.74, 6) is 2.24. The van der Waals surface area contributed by atoms with E-state index in [0.29, 0.717) is 19.6 Å². The smallest absolute Gasteiger partial charge is 0.330 e. The maximum atomic E-state index is 11.3. The Morgan fingerprint density at radius 2 is 2.05 bits per heavy atom. The molecule has 0 aliphatic rings. The van der Waals surface area contributed by atoms with Crippen LogP contribution in [-0.2, 0) is 19.0 Å². The summed E-state index contributed by atoms with van der Waals surface area (Å²) in [5, 5.41) is 0. The molecule has 0 N–H and O–H groups in total. The normalized spacial score (nSPS) is 13.2. The van der Waals surface area contributed by atoms with Gasteiger partial charge >= 0.3 is 5.97 Å². The number of ether oxygens (including phenoxy) is 3. The molecular formula is C15H24O4. The Kier molecular flexibility index (Phi) is 8.94. The SMILES string of the molecule is C#CCC(C)(C)C(/C=C/C(=O)OCC)OCOCC. The summed E-state index contributed by atoms with van der Waals surface area (Å²) in [5.41, 5.74) is -0.283. The van der Waals surface area contributed by atoms with Crippen molar-refractivity contribution < 1.29 is 19.0 Å². The van der Waals surface area contributed by atoms with Gasteiger partial charge in [0, 0.05) is 24.5 Å². The van der Waals surface area contributed by atoms with Gasteiger partial charge in [0.25, 0.3) is 0 Å². The van der Waals surface area contributed by atoms with Crippen LogP contribution in [0.1, 0.15) is 34.1 Å². The second-order valence-corrected chi connectivity index (χ2v) is 4.68. The van der Waals surface area contributed by atoms with Gasteiger partial charge in [-0.05, 0) is 19.9 Å². The third kappa shape index (κ3) is 7.66. The van der Waals surface area contributed by atoms with Crippen molar-refractivity contribution in [3.63, 3.8) is 0 Å². The number of hydrogen-bond acceptors (Lipinski definition) is 4. The first-order valence-electron chi connectivity index (χ1n) is 6.45. The van der Waals surface area contributed by atoms with Crippen molar-refractivity contribution >= 4 is 5.97 Å².